The van der Waals surface area contributed by atoms with Crippen molar-refractivity contribution in [3.63, 3.8) is 0 Å². The van der Waals surface area contributed by atoms with Crippen molar-refractivity contribution >= 4 is 21.9 Å². The van der Waals surface area contributed by atoms with Gasteiger partial charge in [-0.05, 0) is 31.5 Å². The second-order valence-electron chi connectivity index (χ2n) is 3.72. The van der Waals surface area contributed by atoms with E-state index in [0.717, 1.165) is 6.42 Å². The number of halogens is 2. The van der Waals surface area contributed by atoms with E-state index in [9.17, 15) is 9.18 Å². The van der Waals surface area contributed by atoms with Crippen LogP contribution < -0.4 is 4.74 Å². The smallest absolute Gasteiger partial charge is 0.347 e. The molecule has 0 fully saturated rings. The Hall–Kier alpha value is -1.10. The summed E-state index contributed by atoms with van der Waals surface area (Å²) in [5.74, 6) is -0.904. The Morgan fingerprint density at radius 2 is 2.17 bits per heavy atom. The van der Waals surface area contributed by atoms with E-state index < -0.39 is 17.9 Å². The van der Waals surface area contributed by atoms with Gasteiger partial charge in [0.05, 0.1) is 6.61 Å². The van der Waals surface area contributed by atoms with Gasteiger partial charge in [-0.3, -0.25) is 0 Å². The largest absolute Gasteiger partial charge is 0.476 e. The minimum absolute atomic E-state index is 0.0517. The molecule has 0 N–H and O–H groups in total. The molecule has 0 heterocycles. The lowest BCUT2D eigenvalue weighted by Crippen LogP contribution is -2.29. The SMILES string of the molecule is CCCC(Oc1cc(Br)ccc1F)C(=O)OCC. The van der Waals surface area contributed by atoms with Crippen LogP contribution in [0.25, 0.3) is 0 Å². The normalized spacial score (nSPS) is 12.0. The number of carbonyl (C=O) groups is 1. The molecule has 0 radical (unpaired) electrons. The summed E-state index contributed by atoms with van der Waals surface area (Å²) in [7, 11) is 0. The van der Waals surface area contributed by atoms with Gasteiger partial charge in [-0.25, -0.2) is 9.18 Å². The van der Waals surface area contributed by atoms with E-state index in [4.69, 9.17) is 9.47 Å². The van der Waals surface area contributed by atoms with E-state index in [1.165, 1.54) is 12.1 Å². The fourth-order valence-electron chi connectivity index (χ4n) is 1.44. The standard InChI is InChI=1S/C13H16BrFO3/c1-3-5-11(13(16)17-4-2)18-12-8-9(14)6-7-10(12)15/h6-8,11H,3-5H2,1-2H3. The summed E-state index contributed by atoms with van der Waals surface area (Å²) < 4.78 is 24.5. The Labute approximate surface area is 114 Å². The number of hydrogen-bond acceptors (Lipinski definition) is 3. The highest BCUT2D eigenvalue weighted by Crippen LogP contribution is 2.24. The Bertz CT molecular complexity index is 409. The summed E-state index contributed by atoms with van der Waals surface area (Å²) >= 11 is 3.23. The Morgan fingerprint density at radius 1 is 1.44 bits per heavy atom. The van der Waals surface area contributed by atoms with Crippen LogP contribution in [-0.4, -0.2) is 18.7 Å². The van der Waals surface area contributed by atoms with Crippen molar-refractivity contribution < 1.29 is 18.7 Å². The molecule has 1 aromatic rings. The molecule has 0 aliphatic carbocycles. The highest BCUT2D eigenvalue weighted by atomic mass is 79.9. The van der Waals surface area contributed by atoms with Gasteiger partial charge >= 0.3 is 5.97 Å². The van der Waals surface area contributed by atoms with Crippen molar-refractivity contribution in [2.45, 2.75) is 32.8 Å². The van der Waals surface area contributed by atoms with Crippen LogP contribution in [0.4, 0.5) is 4.39 Å². The van der Waals surface area contributed by atoms with E-state index in [1.54, 1.807) is 13.0 Å². The second kappa shape index (κ2) is 7.36. The lowest BCUT2D eigenvalue weighted by molar-refractivity contribution is -0.151. The summed E-state index contributed by atoms with van der Waals surface area (Å²) in [5, 5.41) is 0. The van der Waals surface area contributed by atoms with Crippen LogP contribution in [0.1, 0.15) is 26.7 Å². The monoisotopic (exact) mass is 318 g/mol. The van der Waals surface area contributed by atoms with Crippen LogP contribution in [0.5, 0.6) is 5.75 Å². The van der Waals surface area contributed by atoms with Gasteiger partial charge in [-0.2, -0.15) is 0 Å². The zero-order valence-corrected chi connectivity index (χ0v) is 12.0. The summed E-state index contributed by atoms with van der Waals surface area (Å²) in [6, 6.07) is 4.35. The molecular formula is C13H16BrFO3. The predicted octanol–water partition coefficient (Wildman–Crippen LogP) is 3.70. The van der Waals surface area contributed by atoms with Gasteiger partial charge in [-0.1, -0.05) is 29.3 Å². The van der Waals surface area contributed by atoms with Crippen molar-refractivity contribution in [1.29, 1.82) is 0 Å². The molecule has 1 aromatic carbocycles. The lowest BCUT2D eigenvalue weighted by atomic mass is 10.2. The predicted molar refractivity (Wildman–Crippen MR) is 70.1 cm³/mol. The van der Waals surface area contributed by atoms with Crippen molar-refractivity contribution in [3.8, 4) is 5.75 Å². The molecule has 3 nitrogen and oxygen atoms in total. The third-order valence-electron chi connectivity index (χ3n) is 2.26. The molecular weight excluding hydrogens is 303 g/mol. The molecule has 0 amide bonds. The second-order valence-corrected chi connectivity index (χ2v) is 4.64. The van der Waals surface area contributed by atoms with Crippen molar-refractivity contribution in [2.24, 2.45) is 0 Å². The first-order chi connectivity index (χ1) is 8.58. The average molecular weight is 319 g/mol. The van der Waals surface area contributed by atoms with Crippen LogP contribution in [-0.2, 0) is 9.53 Å². The maximum atomic E-state index is 13.5. The molecule has 100 valence electrons. The first-order valence-electron chi connectivity index (χ1n) is 5.86. The molecule has 18 heavy (non-hydrogen) atoms. The number of hydrogen-bond donors (Lipinski definition) is 0. The van der Waals surface area contributed by atoms with E-state index in [1.807, 2.05) is 6.92 Å². The van der Waals surface area contributed by atoms with Gasteiger partial charge in [-0.15, -0.1) is 0 Å². The number of esters is 1. The number of benzene rings is 1. The third kappa shape index (κ3) is 4.29. The van der Waals surface area contributed by atoms with E-state index in [-0.39, 0.29) is 12.4 Å². The van der Waals surface area contributed by atoms with Crippen LogP contribution in [0.2, 0.25) is 0 Å². The van der Waals surface area contributed by atoms with Crippen LogP contribution >= 0.6 is 15.9 Å². The van der Waals surface area contributed by atoms with Crippen molar-refractivity contribution in [2.75, 3.05) is 6.61 Å². The summed E-state index contributed by atoms with van der Waals surface area (Å²) in [6.07, 6.45) is 0.475. The number of ether oxygens (including phenoxy) is 2. The molecule has 0 saturated carbocycles. The average Bonchev–Trinajstić information content (AvgIpc) is 2.33. The minimum atomic E-state index is -0.765. The van der Waals surface area contributed by atoms with E-state index >= 15 is 0 Å². The maximum absolute atomic E-state index is 13.5. The number of carbonyl (C=O) groups excluding carboxylic acids is 1. The summed E-state index contributed by atoms with van der Waals surface area (Å²) in [4.78, 5) is 11.7. The molecule has 1 atom stereocenters. The molecule has 0 spiro atoms. The first-order valence-corrected chi connectivity index (χ1v) is 6.66. The van der Waals surface area contributed by atoms with Crippen LogP contribution in [0.3, 0.4) is 0 Å². The quantitative estimate of drug-likeness (QED) is 0.750. The number of rotatable bonds is 6. The van der Waals surface area contributed by atoms with Crippen molar-refractivity contribution in [3.05, 3.63) is 28.5 Å². The van der Waals surface area contributed by atoms with Crippen LogP contribution in [0.15, 0.2) is 22.7 Å². The Kier molecular flexibility index (Phi) is 6.12. The zero-order valence-electron chi connectivity index (χ0n) is 10.4. The molecule has 0 aromatic heterocycles. The Balaban J connectivity index is 2.82. The summed E-state index contributed by atoms with van der Waals surface area (Å²) in [5.41, 5.74) is 0. The van der Waals surface area contributed by atoms with Gasteiger partial charge in [0, 0.05) is 4.47 Å². The van der Waals surface area contributed by atoms with E-state index in [2.05, 4.69) is 15.9 Å². The Morgan fingerprint density at radius 3 is 2.78 bits per heavy atom. The highest BCUT2D eigenvalue weighted by Gasteiger charge is 2.22. The first kappa shape index (κ1) is 15.0. The van der Waals surface area contributed by atoms with Gasteiger partial charge < -0.3 is 9.47 Å². The third-order valence-corrected chi connectivity index (χ3v) is 2.76. The zero-order chi connectivity index (χ0) is 13.5. The summed E-state index contributed by atoms with van der Waals surface area (Å²) in [6.45, 7) is 3.93. The highest BCUT2D eigenvalue weighted by molar-refractivity contribution is 9.10. The molecule has 0 aliphatic heterocycles. The van der Waals surface area contributed by atoms with Gasteiger partial charge in [0.2, 0.25) is 0 Å². The van der Waals surface area contributed by atoms with Crippen molar-refractivity contribution in [1.82, 2.24) is 0 Å². The molecule has 5 heteroatoms. The maximum Gasteiger partial charge on any atom is 0.347 e. The van der Waals surface area contributed by atoms with Crippen LogP contribution in [0, 0.1) is 5.82 Å². The molecule has 0 aliphatic rings. The molecule has 0 bridgehead atoms. The minimum Gasteiger partial charge on any atom is -0.476 e. The topological polar surface area (TPSA) is 35.5 Å². The fourth-order valence-corrected chi connectivity index (χ4v) is 1.78. The van der Waals surface area contributed by atoms with Gasteiger partial charge in [0.1, 0.15) is 0 Å². The lowest BCUT2D eigenvalue weighted by Gasteiger charge is -2.17. The molecule has 1 unspecified atom stereocenters. The molecule has 1 rings (SSSR count). The fraction of sp³-hybridized carbons (Fsp3) is 0.462. The molecule has 0 saturated heterocycles. The van der Waals surface area contributed by atoms with Gasteiger partial charge in [0.25, 0.3) is 0 Å². The van der Waals surface area contributed by atoms with Gasteiger partial charge in [0.15, 0.2) is 17.7 Å². The van der Waals surface area contributed by atoms with E-state index in [0.29, 0.717) is 10.9 Å².